The topological polar surface area (TPSA) is 37.2 Å². The van der Waals surface area contributed by atoms with Crippen LogP contribution in [0.2, 0.25) is 0 Å². The summed E-state index contributed by atoms with van der Waals surface area (Å²) in [5.41, 5.74) is 0.190. The van der Waals surface area contributed by atoms with Crippen LogP contribution in [0.15, 0.2) is 22.8 Å². The zero-order valence-corrected chi connectivity index (χ0v) is 10.1. The molecule has 0 saturated heterocycles. The van der Waals surface area contributed by atoms with Gasteiger partial charge >= 0.3 is 0 Å². The van der Waals surface area contributed by atoms with Crippen LogP contribution in [0.4, 0.5) is 0 Å². The standard InChI is InChI=1S/C12H22N2O/c1-10(11-6-5-9-15-11)13-7-8-14-12(2,3)4/h5-6,9-10,13-14H,7-8H2,1-4H3. The molecule has 3 nitrogen and oxygen atoms in total. The van der Waals surface area contributed by atoms with Crippen LogP contribution in [0.3, 0.4) is 0 Å². The van der Waals surface area contributed by atoms with Crippen molar-refractivity contribution in [1.29, 1.82) is 0 Å². The van der Waals surface area contributed by atoms with Crippen molar-refractivity contribution in [1.82, 2.24) is 10.6 Å². The molecule has 0 aliphatic heterocycles. The molecule has 0 radical (unpaired) electrons. The second kappa shape index (κ2) is 5.33. The number of hydrogen-bond donors (Lipinski definition) is 2. The minimum absolute atomic E-state index is 0.190. The van der Waals surface area contributed by atoms with Gasteiger partial charge in [0.15, 0.2) is 0 Å². The highest BCUT2D eigenvalue weighted by Crippen LogP contribution is 2.11. The predicted molar refractivity (Wildman–Crippen MR) is 62.9 cm³/mol. The lowest BCUT2D eigenvalue weighted by atomic mass is 10.1. The van der Waals surface area contributed by atoms with Gasteiger partial charge in [0.05, 0.1) is 12.3 Å². The third kappa shape index (κ3) is 5.00. The van der Waals surface area contributed by atoms with Gasteiger partial charge in [-0.1, -0.05) is 0 Å². The zero-order chi connectivity index (χ0) is 11.3. The molecule has 1 aromatic rings. The van der Waals surface area contributed by atoms with Crippen molar-refractivity contribution in [3.05, 3.63) is 24.2 Å². The third-order valence-corrected chi connectivity index (χ3v) is 2.20. The van der Waals surface area contributed by atoms with Crippen LogP contribution in [0.25, 0.3) is 0 Å². The van der Waals surface area contributed by atoms with E-state index in [2.05, 4.69) is 38.3 Å². The lowest BCUT2D eigenvalue weighted by molar-refractivity contribution is 0.395. The monoisotopic (exact) mass is 210 g/mol. The molecule has 86 valence electrons. The van der Waals surface area contributed by atoms with Gasteiger partial charge < -0.3 is 15.1 Å². The number of hydrogen-bond acceptors (Lipinski definition) is 3. The fraction of sp³-hybridized carbons (Fsp3) is 0.667. The van der Waals surface area contributed by atoms with Crippen molar-refractivity contribution in [3.8, 4) is 0 Å². The SMILES string of the molecule is CC(NCCNC(C)(C)C)c1ccco1. The first-order valence-electron chi connectivity index (χ1n) is 5.51. The molecule has 2 N–H and O–H groups in total. The second-order valence-corrected chi connectivity index (χ2v) is 4.87. The van der Waals surface area contributed by atoms with E-state index in [0.29, 0.717) is 0 Å². The fourth-order valence-electron chi connectivity index (χ4n) is 1.36. The highest BCUT2D eigenvalue weighted by molar-refractivity contribution is 5.02. The average molecular weight is 210 g/mol. The second-order valence-electron chi connectivity index (χ2n) is 4.87. The van der Waals surface area contributed by atoms with Crippen LogP contribution in [0, 0.1) is 0 Å². The summed E-state index contributed by atoms with van der Waals surface area (Å²) in [5.74, 6) is 0.991. The van der Waals surface area contributed by atoms with E-state index in [-0.39, 0.29) is 11.6 Å². The van der Waals surface area contributed by atoms with Gasteiger partial charge in [-0.3, -0.25) is 0 Å². The zero-order valence-electron chi connectivity index (χ0n) is 10.1. The molecular weight excluding hydrogens is 188 g/mol. The molecule has 0 aliphatic rings. The summed E-state index contributed by atoms with van der Waals surface area (Å²) in [6.45, 7) is 10.5. The van der Waals surface area contributed by atoms with Crippen LogP contribution >= 0.6 is 0 Å². The van der Waals surface area contributed by atoms with Crippen molar-refractivity contribution in [2.75, 3.05) is 13.1 Å². The van der Waals surface area contributed by atoms with E-state index in [1.165, 1.54) is 0 Å². The summed E-state index contributed by atoms with van der Waals surface area (Å²) in [7, 11) is 0. The fourth-order valence-corrected chi connectivity index (χ4v) is 1.36. The molecule has 0 aromatic carbocycles. The van der Waals surface area contributed by atoms with Gasteiger partial charge in [-0.05, 0) is 39.8 Å². The highest BCUT2D eigenvalue weighted by atomic mass is 16.3. The molecule has 15 heavy (non-hydrogen) atoms. The van der Waals surface area contributed by atoms with Crippen molar-refractivity contribution < 1.29 is 4.42 Å². The molecule has 0 saturated carbocycles. The molecule has 0 amide bonds. The van der Waals surface area contributed by atoms with E-state index >= 15 is 0 Å². The Kier molecular flexibility index (Phi) is 4.36. The van der Waals surface area contributed by atoms with Gasteiger partial charge in [-0.25, -0.2) is 0 Å². The Labute approximate surface area is 92.2 Å². The first-order valence-corrected chi connectivity index (χ1v) is 5.51. The molecule has 0 fully saturated rings. The summed E-state index contributed by atoms with van der Waals surface area (Å²) in [4.78, 5) is 0. The normalized spacial score (nSPS) is 14.1. The first-order chi connectivity index (χ1) is 6.99. The average Bonchev–Trinajstić information content (AvgIpc) is 2.63. The maximum absolute atomic E-state index is 5.31. The van der Waals surface area contributed by atoms with E-state index in [9.17, 15) is 0 Å². The van der Waals surface area contributed by atoms with Crippen molar-refractivity contribution >= 4 is 0 Å². The van der Waals surface area contributed by atoms with E-state index in [1.54, 1.807) is 6.26 Å². The van der Waals surface area contributed by atoms with Gasteiger partial charge in [-0.2, -0.15) is 0 Å². The van der Waals surface area contributed by atoms with Crippen LogP contribution in [0.5, 0.6) is 0 Å². The summed E-state index contributed by atoms with van der Waals surface area (Å²) >= 11 is 0. The van der Waals surface area contributed by atoms with Crippen LogP contribution in [-0.2, 0) is 0 Å². The molecule has 1 unspecified atom stereocenters. The maximum Gasteiger partial charge on any atom is 0.120 e. The van der Waals surface area contributed by atoms with E-state index in [4.69, 9.17) is 4.42 Å². The van der Waals surface area contributed by atoms with Gasteiger partial charge in [-0.15, -0.1) is 0 Å². The molecule has 1 atom stereocenters. The minimum atomic E-state index is 0.190. The van der Waals surface area contributed by atoms with Crippen LogP contribution in [-0.4, -0.2) is 18.6 Å². The molecule has 1 heterocycles. The number of furan rings is 1. The van der Waals surface area contributed by atoms with E-state index < -0.39 is 0 Å². The highest BCUT2D eigenvalue weighted by Gasteiger charge is 2.09. The summed E-state index contributed by atoms with van der Waals surface area (Å²) < 4.78 is 5.31. The Morgan fingerprint density at radius 2 is 2.07 bits per heavy atom. The minimum Gasteiger partial charge on any atom is -0.468 e. The Hall–Kier alpha value is -0.800. The molecule has 0 aliphatic carbocycles. The molecular formula is C12H22N2O. The van der Waals surface area contributed by atoms with E-state index in [1.807, 2.05) is 12.1 Å². The summed E-state index contributed by atoms with van der Waals surface area (Å²) in [5, 5.41) is 6.83. The molecule has 0 bridgehead atoms. The first kappa shape index (κ1) is 12.3. The quantitative estimate of drug-likeness (QED) is 0.732. The van der Waals surface area contributed by atoms with Crippen LogP contribution < -0.4 is 10.6 Å². The number of rotatable bonds is 5. The Morgan fingerprint density at radius 3 is 2.60 bits per heavy atom. The lowest BCUT2D eigenvalue weighted by Gasteiger charge is -2.21. The van der Waals surface area contributed by atoms with Crippen molar-refractivity contribution in [2.24, 2.45) is 0 Å². The Balaban J connectivity index is 2.16. The largest absolute Gasteiger partial charge is 0.468 e. The van der Waals surface area contributed by atoms with Gasteiger partial charge in [0.25, 0.3) is 0 Å². The van der Waals surface area contributed by atoms with Crippen molar-refractivity contribution in [2.45, 2.75) is 39.3 Å². The van der Waals surface area contributed by atoms with E-state index in [0.717, 1.165) is 18.8 Å². The third-order valence-electron chi connectivity index (χ3n) is 2.20. The molecule has 3 heteroatoms. The Morgan fingerprint density at radius 1 is 1.33 bits per heavy atom. The van der Waals surface area contributed by atoms with Crippen molar-refractivity contribution in [3.63, 3.8) is 0 Å². The van der Waals surface area contributed by atoms with Gasteiger partial charge in [0.1, 0.15) is 5.76 Å². The Bertz CT molecular complexity index is 262. The van der Waals surface area contributed by atoms with Gasteiger partial charge in [0, 0.05) is 18.6 Å². The molecule has 1 rings (SSSR count). The van der Waals surface area contributed by atoms with Gasteiger partial charge in [0.2, 0.25) is 0 Å². The summed E-state index contributed by atoms with van der Waals surface area (Å²) in [6, 6.07) is 4.19. The molecule has 0 spiro atoms. The smallest absolute Gasteiger partial charge is 0.120 e. The predicted octanol–water partition coefficient (Wildman–Crippen LogP) is 2.32. The van der Waals surface area contributed by atoms with Crippen LogP contribution in [0.1, 0.15) is 39.5 Å². The summed E-state index contributed by atoms with van der Waals surface area (Å²) in [6.07, 6.45) is 1.71. The molecule has 1 aromatic heterocycles. The lowest BCUT2D eigenvalue weighted by Crippen LogP contribution is -2.40. The maximum atomic E-state index is 5.31. The number of nitrogens with one attached hydrogen (secondary N) is 2.